The first-order chi connectivity index (χ1) is 11.2. The number of hydrogen-bond donors (Lipinski definition) is 0. The van der Waals surface area contributed by atoms with Gasteiger partial charge in [-0.1, -0.05) is 0 Å². The number of rotatable bonds is 4. The largest absolute Gasteiger partial charge is 0 e. The number of carbonyl (C=O) groups is 1. The summed E-state index contributed by atoms with van der Waals surface area (Å²) in [6.07, 6.45) is 0. The summed E-state index contributed by atoms with van der Waals surface area (Å²) in [4.78, 5) is 20.3. The van der Waals surface area contributed by atoms with Crippen LogP contribution in [0.25, 0.3) is 0 Å². The molecule has 25 heavy (non-hydrogen) atoms. The molecule has 0 fully saturated rings. The number of ketones is 1. The van der Waals surface area contributed by atoms with Crippen LogP contribution in [0.1, 0.15) is 0 Å². The first-order valence-corrected chi connectivity index (χ1v) is 6.54. The van der Waals surface area contributed by atoms with Crippen LogP contribution in [0.5, 0.6) is 0 Å². The van der Waals surface area contributed by atoms with Gasteiger partial charge in [0.15, 0.2) is 0 Å². The zero-order chi connectivity index (χ0) is 20.2. The van der Waals surface area contributed by atoms with E-state index in [0.717, 1.165) is 22.8 Å². The van der Waals surface area contributed by atoms with Crippen molar-refractivity contribution >= 4 is 5.78 Å². The van der Waals surface area contributed by atoms with Crippen LogP contribution in [0.4, 0.5) is 0 Å². The summed E-state index contributed by atoms with van der Waals surface area (Å²) in [6.45, 7) is 13.5. The first kappa shape index (κ1) is 30.9. The summed E-state index contributed by atoms with van der Waals surface area (Å²) in [5, 5.41) is 0. The molecule has 0 unspecified atom stereocenters. The van der Waals surface area contributed by atoms with E-state index in [1.165, 1.54) is 0 Å². The van der Waals surface area contributed by atoms with Crippen molar-refractivity contribution in [2.45, 2.75) is 0 Å². The Kier molecular flexibility index (Phi) is 19.3. The second kappa shape index (κ2) is 15.6. The van der Waals surface area contributed by atoms with E-state index >= 15 is 0 Å². The second-order valence-corrected chi connectivity index (χ2v) is 5.30. The van der Waals surface area contributed by atoms with E-state index in [1.54, 1.807) is 0 Å². The topological polar surface area (TPSA) is 89.7 Å². The number of nitrogens with zero attached hydrogens (tertiary/aromatic N) is 4. The van der Waals surface area contributed by atoms with E-state index in [1.807, 2.05) is 76.0 Å². The molecule has 1 rings (SSSR count). The van der Waals surface area contributed by atoms with Crippen molar-refractivity contribution in [3.05, 3.63) is 42.7 Å². The van der Waals surface area contributed by atoms with Crippen LogP contribution in [-0.2, 0) is 35.8 Å². The smallest absolute Gasteiger partial charge is 0 e. The van der Waals surface area contributed by atoms with Gasteiger partial charge in [-0.15, -0.1) is 0 Å². The number of Topliss-reactive ketones (excluding diaryl/α,β-unsaturated/α-hetero) is 1. The fraction of sp³-hybridized carbons (Fsp3) is 0.500. The molecular formula is C16H24FeN4O4. The normalized spacial score (nSPS) is 11.4. The minimum Gasteiger partial charge on any atom is 0 e. The van der Waals surface area contributed by atoms with E-state index in [4.69, 9.17) is 14.0 Å². The van der Waals surface area contributed by atoms with Gasteiger partial charge in [-0.2, -0.15) is 0 Å². The minimum absolute atomic E-state index is 0. The van der Waals surface area contributed by atoms with Gasteiger partial charge in [0.05, 0.1) is 11.4 Å². The summed E-state index contributed by atoms with van der Waals surface area (Å²) in [5.74, 6) is 0.0809. The van der Waals surface area contributed by atoms with Gasteiger partial charge in [0.2, 0.25) is 5.78 Å². The molecule has 0 saturated carbocycles. The van der Waals surface area contributed by atoms with E-state index in [9.17, 15) is 4.79 Å². The maximum atomic E-state index is 12.6. The van der Waals surface area contributed by atoms with Gasteiger partial charge in [-0.05, 0) is 0 Å². The van der Waals surface area contributed by atoms with Crippen molar-refractivity contribution in [1.82, 2.24) is 19.6 Å². The van der Waals surface area contributed by atoms with Crippen LogP contribution in [0.2, 0.25) is 0 Å². The van der Waals surface area contributed by atoms with Gasteiger partial charge in [-0.25, -0.2) is 0 Å². The Labute approximate surface area is 160 Å². The Morgan fingerprint density at radius 1 is 0.520 bits per heavy atom. The predicted octanol–water partition coefficient (Wildman–Crippen LogP) is 0.124. The number of carbonyl (C=O) groups excluding carboxylic acids is 1. The standard InChI is InChI=1S/C13H24N4O.3CO.Fe/c1-14(2)9-10(15(3)4)12(17(7)8)13(18)11(9)16(5)6;3*1-2;/h1-8H3;;;;. The second-order valence-electron chi connectivity index (χ2n) is 5.30. The Bertz CT molecular complexity index is 492. The van der Waals surface area contributed by atoms with E-state index < -0.39 is 0 Å². The van der Waals surface area contributed by atoms with Gasteiger partial charge in [0.1, 0.15) is 11.4 Å². The third-order valence-electron chi connectivity index (χ3n) is 2.89. The molecule has 1 aliphatic carbocycles. The third kappa shape index (κ3) is 7.67. The third-order valence-corrected chi connectivity index (χ3v) is 2.89. The van der Waals surface area contributed by atoms with E-state index in [2.05, 4.69) is 20.0 Å². The van der Waals surface area contributed by atoms with E-state index in [-0.39, 0.29) is 22.9 Å². The van der Waals surface area contributed by atoms with Crippen LogP contribution < -0.4 is 0 Å². The molecule has 0 amide bonds. The number of likely N-dealkylation sites (N-methyl/N-ethyl adjacent to an activating group) is 4. The fourth-order valence-electron chi connectivity index (χ4n) is 2.23. The summed E-state index contributed by atoms with van der Waals surface area (Å²) in [7, 11) is 15.5. The maximum Gasteiger partial charge on any atom is 0 e. The van der Waals surface area contributed by atoms with Crippen molar-refractivity contribution in [2.75, 3.05) is 56.4 Å². The van der Waals surface area contributed by atoms with Gasteiger partial charge < -0.3 is 19.6 Å². The molecule has 0 spiro atoms. The van der Waals surface area contributed by atoms with Gasteiger partial charge in [0, 0.05) is 73.5 Å². The van der Waals surface area contributed by atoms with Crippen molar-refractivity contribution in [3.8, 4) is 0 Å². The van der Waals surface area contributed by atoms with Gasteiger partial charge >= 0.3 is 33.9 Å². The van der Waals surface area contributed by atoms with Crippen LogP contribution in [-0.4, -0.2) is 81.8 Å². The summed E-state index contributed by atoms with van der Waals surface area (Å²) >= 11 is 0. The molecule has 0 aromatic heterocycles. The molecule has 0 atom stereocenters. The summed E-state index contributed by atoms with van der Waals surface area (Å²) in [6, 6.07) is 0. The van der Waals surface area contributed by atoms with Crippen molar-refractivity contribution < 1.29 is 35.8 Å². The Morgan fingerprint density at radius 3 is 0.800 bits per heavy atom. The monoisotopic (exact) mass is 392 g/mol. The van der Waals surface area contributed by atoms with Crippen molar-refractivity contribution in [1.29, 1.82) is 0 Å². The molecule has 0 aromatic carbocycles. The van der Waals surface area contributed by atoms with Crippen LogP contribution >= 0.6 is 0 Å². The molecule has 0 radical (unpaired) electrons. The average Bonchev–Trinajstić information content (AvgIpc) is 2.87. The van der Waals surface area contributed by atoms with E-state index in [0.29, 0.717) is 0 Å². The Morgan fingerprint density at radius 2 is 0.680 bits per heavy atom. The molecule has 8 nitrogen and oxygen atoms in total. The molecule has 140 valence electrons. The molecule has 1 aliphatic rings. The van der Waals surface area contributed by atoms with Gasteiger partial charge in [0.25, 0.3) is 0 Å². The fourth-order valence-corrected chi connectivity index (χ4v) is 2.23. The van der Waals surface area contributed by atoms with Crippen molar-refractivity contribution in [3.63, 3.8) is 0 Å². The number of hydrogen-bond acceptors (Lipinski definition) is 5. The molecule has 0 bridgehead atoms. The molecule has 0 aromatic rings. The maximum absolute atomic E-state index is 12.6. The Balaban J connectivity index is -0.000000284. The Hall–Kier alpha value is -1.91. The van der Waals surface area contributed by atoms with Crippen LogP contribution in [0.15, 0.2) is 22.8 Å². The van der Waals surface area contributed by atoms with Crippen LogP contribution in [0.3, 0.4) is 0 Å². The zero-order valence-corrected chi connectivity index (χ0v) is 16.9. The quantitative estimate of drug-likeness (QED) is 0.385. The predicted molar refractivity (Wildman–Crippen MR) is 85.6 cm³/mol. The molecule has 0 heterocycles. The minimum atomic E-state index is 0. The molecule has 0 aliphatic heterocycles. The first-order valence-electron chi connectivity index (χ1n) is 6.54. The average molecular weight is 392 g/mol. The molecular weight excluding hydrogens is 368 g/mol. The summed E-state index contributed by atoms with van der Waals surface area (Å²) in [5.41, 5.74) is 3.43. The molecule has 0 N–H and O–H groups in total. The van der Waals surface area contributed by atoms with Crippen molar-refractivity contribution in [2.24, 2.45) is 0 Å². The molecule has 0 saturated heterocycles. The molecule has 9 heteroatoms. The SMILES string of the molecule is CN(C)C1=C(N(C)C)C(N(C)C)=C(N(C)C)C1=O.[C-]#[O+].[C-]#[O+].[C-]#[O+].[Fe]. The van der Waals surface area contributed by atoms with Gasteiger partial charge in [-0.3, -0.25) is 4.79 Å². The zero-order valence-electron chi connectivity index (χ0n) is 15.8. The summed E-state index contributed by atoms with van der Waals surface area (Å²) < 4.78 is 22.5. The van der Waals surface area contributed by atoms with Crippen LogP contribution in [0, 0.1) is 20.0 Å².